The fraction of sp³-hybridized carbons (Fsp3) is 1.00. The Bertz CT molecular complexity index is 149. The van der Waals surface area contributed by atoms with Gasteiger partial charge in [0.15, 0.2) is 0 Å². The van der Waals surface area contributed by atoms with Crippen molar-refractivity contribution in [1.29, 1.82) is 0 Å². The molecule has 0 saturated carbocycles. The van der Waals surface area contributed by atoms with Gasteiger partial charge < -0.3 is 10.1 Å². The zero-order chi connectivity index (χ0) is 11.9. The lowest BCUT2D eigenvalue weighted by atomic mass is 9.96. The van der Waals surface area contributed by atoms with E-state index in [0.717, 1.165) is 25.7 Å². The molecule has 1 unspecified atom stereocenters. The van der Waals surface area contributed by atoms with Gasteiger partial charge in [-0.25, -0.2) is 0 Å². The van der Waals surface area contributed by atoms with Crippen molar-refractivity contribution in [3.8, 4) is 0 Å². The minimum atomic E-state index is 0.210. The second-order valence-electron chi connectivity index (χ2n) is 5.79. The Morgan fingerprint density at radius 1 is 1.20 bits per heavy atom. The maximum absolute atomic E-state index is 5.52. The summed E-state index contributed by atoms with van der Waals surface area (Å²) in [5, 5.41) is 3.56. The molecule has 0 aliphatic heterocycles. The first-order valence-corrected chi connectivity index (χ1v) is 6.18. The van der Waals surface area contributed by atoms with Crippen LogP contribution in [0.5, 0.6) is 0 Å². The zero-order valence-electron chi connectivity index (χ0n) is 11.4. The van der Waals surface area contributed by atoms with E-state index in [1.807, 2.05) is 0 Å². The molecule has 0 amide bonds. The molecular weight excluding hydrogens is 186 g/mol. The normalized spacial score (nSPS) is 14.6. The molecular formula is C13H29NO. The summed E-state index contributed by atoms with van der Waals surface area (Å²) in [4.78, 5) is 0. The lowest BCUT2D eigenvalue weighted by Crippen LogP contribution is -2.40. The summed E-state index contributed by atoms with van der Waals surface area (Å²) in [6.07, 6.45) is 1.24. The summed E-state index contributed by atoms with van der Waals surface area (Å²) in [6, 6.07) is 0. The van der Waals surface area contributed by atoms with Crippen LogP contribution in [0.3, 0.4) is 0 Å². The summed E-state index contributed by atoms with van der Waals surface area (Å²) in [7, 11) is 0. The second-order valence-corrected chi connectivity index (χ2v) is 5.79. The molecule has 2 heteroatoms. The number of rotatable bonds is 7. The van der Waals surface area contributed by atoms with E-state index in [4.69, 9.17) is 4.74 Å². The highest BCUT2D eigenvalue weighted by molar-refractivity contribution is 4.73. The van der Waals surface area contributed by atoms with E-state index in [2.05, 4.69) is 46.9 Å². The Labute approximate surface area is 95.8 Å². The van der Waals surface area contributed by atoms with Gasteiger partial charge >= 0.3 is 0 Å². The molecule has 92 valence electrons. The van der Waals surface area contributed by atoms with Crippen LogP contribution >= 0.6 is 0 Å². The van der Waals surface area contributed by atoms with Crippen molar-refractivity contribution in [1.82, 2.24) is 5.32 Å². The fourth-order valence-corrected chi connectivity index (χ4v) is 1.61. The van der Waals surface area contributed by atoms with Gasteiger partial charge in [-0.15, -0.1) is 0 Å². The molecule has 0 aliphatic rings. The average molecular weight is 215 g/mol. The molecule has 1 atom stereocenters. The number of ether oxygens (including phenoxy) is 1. The van der Waals surface area contributed by atoms with E-state index in [1.54, 1.807) is 0 Å². The van der Waals surface area contributed by atoms with E-state index in [9.17, 15) is 0 Å². The molecule has 2 nitrogen and oxygen atoms in total. The summed E-state index contributed by atoms with van der Waals surface area (Å²) >= 11 is 0. The van der Waals surface area contributed by atoms with Gasteiger partial charge in [0, 0.05) is 18.7 Å². The first-order chi connectivity index (χ1) is 6.85. The molecule has 0 aliphatic carbocycles. The highest BCUT2D eigenvalue weighted by Crippen LogP contribution is 2.12. The third kappa shape index (κ3) is 10.2. The van der Waals surface area contributed by atoms with E-state index in [1.165, 1.54) is 6.42 Å². The van der Waals surface area contributed by atoms with Crippen LogP contribution in [0.4, 0.5) is 0 Å². The van der Waals surface area contributed by atoms with E-state index in [0.29, 0.717) is 5.92 Å². The molecule has 1 N–H and O–H groups in total. The summed E-state index contributed by atoms with van der Waals surface area (Å²) < 4.78 is 5.52. The third-order valence-corrected chi connectivity index (χ3v) is 2.28. The average Bonchev–Trinajstić information content (AvgIpc) is 2.07. The van der Waals surface area contributed by atoms with Crippen molar-refractivity contribution in [2.45, 2.75) is 53.5 Å². The summed E-state index contributed by atoms with van der Waals surface area (Å²) in [5.41, 5.74) is 0.210. The maximum Gasteiger partial charge on any atom is 0.0506 e. The smallest absolute Gasteiger partial charge is 0.0506 e. The molecule has 0 fully saturated rings. The second kappa shape index (κ2) is 7.24. The first-order valence-electron chi connectivity index (χ1n) is 6.18. The van der Waals surface area contributed by atoms with Gasteiger partial charge in [0.25, 0.3) is 0 Å². The highest BCUT2D eigenvalue weighted by Gasteiger charge is 2.15. The van der Waals surface area contributed by atoms with E-state index < -0.39 is 0 Å². The van der Waals surface area contributed by atoms with Crippen LogP contribution in [0.15, 0.2) is 0 Å². The third-order valence-electron chi connectivity index (χ3n) is 2.28. The van der Waals surface area contributed by atoms with Gasteiger partial charge in [-0.2, -0.15) is 0 Å². The van der Waals surface area contributed by atoms with Gasteiger partial charge in [0.1, 0.15) is 0 Å². The molecule has 0 radical (unpaired) electrons. The van der Waals surface area contributed by atoms with Crippen molar-refractivity contribution in [2.75, 3.05) is 19.8 Å². The van der Waals surface area contributed by atoms with Crippen LogP contribution in [0.25, 0.3) is 0 Å². The van der Waals surface area contributed by atoms with Crippen molar-refractivity contribution in [3.05, 3.63) is 0 Å². The molecule has 0 aromatic heterocycles. The molecule has 0 heterocycles. The zero-order valence-corrected chi connectivity index (χ0v) is 11.4. The van der Waals surface area contributed by atoms with Crippen molar-refractivity contribution < 1.29 is 4.74 Å². The quantitative estimate of drug-likeness (QED) is 0.704. The van der Waals surface area contributed by atoms with Crippen LogP contribution in [0, 0.1) is 11.8 Å². The minimum Gasteiger partial charge on any atom is -0.381 e. The Hall–Kier alpha value is -0.0800. The Morgan fingerprint density at radius 2 is 1.80 bits per heavy atom. The lowest BCUT2D eigenvalue weighted by molar-refractivity contribution is 0.0983. The van der Waals surface area contributed by atoms with Crippen LogP contribution < -0.4 is 5.32 Å². The molecule has 0 spiro atoms. The molecule has 0 aromatic rings. The van der Waals surface area contributed by atoms with Crippen molar-refractivity contribution in [2.24, 2.45) is 11.8 Å². The van der Waals surface area contributed by atoms with Crippen molar-refractivity contribution in [3.63, 3.8) is 0 Å². The van der Waals surface area contributed by atoms with Crippen molar-refractivity contribution >= 4 is 0 Å². The van der Waals surface area contributed by atoms with Crippen LogP contribution in [-0.4, -0.2) is 25.3 Å². The first kappa shape index (κ1) is 14.9. The Balaban J connectivity index is 3.89. The van der Waals surface area contributed by atoms with Crippen LogP contribution in [-0.2, 0) is 4.74 Å². The topological polar surface area (TPSA) is 21.3 Å². The van der Waals surface area contributed by atoms with Gasteiger partial charge in [-0.3, -0.25) is 0 Å². The predicted molar refractivity (Wildman–Crippen MR) is 67.2 cm³/mol. The van der Waals surface area contributed by atoms with Gasteiger partial charge in [-0.05, 0) is 46.0 Å². The standard InChI is InChI=1S/C13H29NO/c1-7-15-10-12(8-11(2)3)9-14-13(4,5)6/h11-12,14H,7-10H2,1-6H3. The number of hydrogen-bond donors (Lipinski definition) is 1. The van der Waals surface area contributed by atoms with E-state index in [-0.39, 0.29) is 5.54 Å². The monoisotopic (exact) mass is 215 g/mol. The summed E-state index contributed by atoms with van der Waals surface area (Å²) in [5.74, 6) is 1.39. The molecule has 0 aromatic carbocycles. The molecule has 0 rings (SSSR count). The highest BCUT2D eigenvalue weighted by atomic mass is 16.5. The maximum atomic E-state index is 5.52. The number of nitrogens with one attached hydrogen (secondary N) is 1. The Morgan fingerprint density at radius 3 is 2.20 bits per heavy atom. The van der Waals surface area contributed by atoms with Crippen LogP contribution in [0.1, 0.15) is 48.0 Å². The minimum absolute atomic E-state index is 0.210. The predicted octanol–water partition coefficient (Wildman–Crippen LogP) is 3.07. The number of hydrogen-bond acceptors (Lipinski definition) is 2. The molecule has 0 saturated heterocycles. The lowest BCUT2D eigenvalue weighted by Gasteiger charge is -2.26. The molecule has 0 bridgehead atoms. The fourth-order valence-electron chi connectivity index (χ4n) is 1.61. The largest absolute Gasteiger partial charge is 0.381 e. The van der Waals surface area contributed by atoms with Gasteiger partial charge in [0.05, 0.1) is 6.61 Å². The van der Waals surface area contributed by atoms with Crippen LogP contribution in [0.2, 0.25) is 0 Å². The van der Waals surface area contributed by atoms with E-state index >= 15 is 0 Å². The van der Waals surface area contributed by atoms with Gasteiger partial charge in [-0.1, -0.05) is 13.8 Å². The summed E-state index contributed by atoms with van der Waals surface area (Å²) in [6.45, 7) is 16.0. The van der Waals surface area contributed by atoms with Gasteiger partial charge in [0.2, 0.25) is 0 Å². The Kier molecular flexibility index (Phi) is 7.20. The SMILES string of the molecule is CCOCC(CNC(C)(C)C)CC(C)C. The molecule has 15 heavy (non-hydrogen) atoms.